The summed E-state index contributed by atoms with van der Waals surface area (Å²) in [4.78, 5) is 0. The van der Waals surface area contributed by atoms with Crippen molar-refractivity contribution in [2.45, 2.75) is 6.54 Å². The molecule has 0 spiro atoms. The van der Waals surface area contributed by atoms with Gasteiger partial charge in [0.1, 0.15) is 0 Å². The molecule has 1 aromatic heterocycles. The van der Waals surface area contributed by atoms with E-state index in [1.807, 2.05) is 12.1 Å². The van der Waals surface area contributed by atoms with E-state index in [1.54, 1.807) is 0 Å². The third-order valence-corrected chi connectivity index (χ3v) is 4.37. The Morgan fingerprint density at radius 2 is 1.85 bits per heavy atom. The zero-order valence-corrected chi connectivity index (χ0v) is 14.0. The first-order valence-corrected chi connectivity index (χ1v) is 8.05. The minimum absolute atomic E-state index is 0.890. The van der Waals surface area contributed by atoms with Crippen LogP contribution in [0.2, 0.25) is 0 Å². The molecule has 2 nitrogen and oxygen atoms in total. The molecule has 0 aliphatic heterocycles. The highest BCUT2D eigenvalue weighted by molar-refractivity contribution is 9.11. The van der Waals surface area contributed by atoms with E-state index >= 15 is 0 Å². The number of nitrogens with one attached hydrogen (secondary N) is 1. The van der Waals surface area contributed by atoms with Gasteiger partial charge in [-0.1, -0.05) is 40.2 Å². The summed E-state index contributed by atoms with van der Waals surface area (Å²) in [5, 5.41) is 4.70. The molecule has 0 atom stereocenters. The van der Waals surface area contributed by atoms with Crippen molar-refractivity contribution in [1.29, 1.82) is 0 Å². The van der Waals surface area contributed by atoms with Crippen molar-refractivity contribution < 1.29 is 0 Å². The van der Waals surface area contributed by atoms with E-state index in [9.17, 15) is 0 Å². The molecule has 0 radical (unpaired) electrons. The Hall–Kier alpha value is -1.26. The Balaban J connectivity index is 1.71. The van der Waals surface area contributed by atoms with E-state index < -0.39 is 0 Å². The summed E-state index contributed by atoms with van der Waals surface area (Å²) in [6.45, 7) is 1.82. The molecule has 1 heterocycles. The molecule has 0 amide bonds. The summed E-state index contributed by atoms with van der Waals surface area (Å²) in [6, 6.07) is 16.7. The van der Waals surface area contributed by atoms with Crippen LogP contribution in [-0.2, 0) is 6.54 Å². The van der Waals surface area contributed by atoms with Crippen LogP contribution in [0.25, 0.3) is 10.9 Å². The molecule has 0 aliphatic carbocycles. The lowest BCUT2D eigenvalue weighted by Gasteiger charge is -2.08. The third kappa shape index (κ3) is 2.91. The van der Waals surface area contributed by atoms with Gasteiger partial charge in [-0.15, -0.1) is 0 Å². The number of anilines is 1. The summed E-state index contributed by atoms with van der Waals surface area (Å²) >= 11 is 7.10. The van der Waals surface area contributed by atoms with Crippen LogP contribution >= 0.6 is 31.9 Å². The Bertz CT molecular complexity index is 734. The number of nitrogens with zero attached hydrogens (tertiary/aromatic N) is 1. The van der Waals surface area contributed by atoms with Crippen molar-refractivity contribution in [1.82, 2.24) is 4.57 Å². The summed E-state index contributed by atoms with van der Waals surface area (Å²) < 4.78 is 4.51. The van der Waals surface area contributed by atoms with Gasteiger partial charge < -0.3 is 9.88 Å². The van der Waals surface area contributed by atoms with Crippen molar-refractivity contribution >= 4 is 48.5 Å². The fraction of sp³-hybridized carbons (Fsp3) is 0.125. The molecule has 1 N–H and O–H groups in total. The number of hydrogen-bond acceptors (Lipinski definition) is 1. The normalized spacial score (nSPS) is 10.9. The van der Waals surface area contributed by atoms with Crippen LogP contribution in [0, 0.1) is 0 Å². The van der Waals surface area contributed by atoms with Gasteiger partial charge in [0, 0.05) is 44.8 Å². The van der Waals surface area contributed by atoms with Crippen LogP contribution in [0.4, 0.5) is 5.69 Å². The number of halogens is 2. The first-order valence-electron chi connectivity index (χ1n) is 6.47. The lowest BCUT2D eigenvalue weighted by molar-refractivity contribution is 0.756. The van der Waals surface area contributed by atoms with E-state index in [0.717, 1.165) is 27.7 Å². The highest BCUT2D eigenvalue weighted by Gasteiger charge is 2.04. The molecular weight excluding hydrogens is 380 g/mol. The summed E-state index contributed by atoms with van der Waals surface area (Å²) in [5.74, 6) is 0. The molecule has 3 rings (SSSR count). The van der Waals surface area contributed by atoms with Crippen molar-refractivity contribution in [2.24, 2.45) is 0 Å². The first-order chi connectivity index (χ1) is 9.74. The monoisotopic (exact) mass is 392 g/mol. The van der Waals surface area contributed by atoms with Gasteiger partial charge in [0.05, 0.1) is 0 Å². The number of para-hydroxylation sites is 1. The van der Waals surface area contributed by atoms with Crippen molar-refractivity contribution in [3.05, 3.63) is 63.7 Å². The SMILES string of the molecule is Brc1cccc(NCCn2cc(Br)c3ccccc32)c1. The predicted molar refractivity (Wildman–Crippen MR) is 92.3 cm³/mol. The fourth-order valence-electron chi connectivity index (χ4n) is 2.31. The average Bonchev–Trinajstić information content (AvgIpc) is 2.77. The van der Waals surface area contributed by atoms with Gasteiger partial charge in [0.15, 0.2) is 0 Å². The Labute approximate surface area is 135 Å². The predicted octanol–water partition coefficient (Wildman–Crippen LogP) is 5.28. The maximum absolute atomic E-state index is 3.62. The molecule has 0 aliphatic rings. The fourth-order valence-corrected chi connectivity index (χ4v) is 3.29. The molecule has 3 aromatic rings. The van der Waals surface area contributed by atoms with Gasteiger partial charge in [0.2, 0.25) is 0 Å². The van der Waals surface area contributed by atoms with Crippen molar-refractivity contribution in [3.8, 4) is 0 Å². The summed E-state index contributed by atoms with van der Waals surface area (Å²) in [7, 11) is 0. The highest BCUT2D eigenvalue weighted by atomic mass is 79.9. The standard InChI is InChI=1S/C16H14Br2N2/c17-12-4-3-5-13(10-12)19-8-9-20-11-15(18)14-6-1-2-7-16(14)20/h1-7,10-11,19H,8-9H2. The van der Waals surface area contributed by atoms with Gasteiger partial charge in [-0.3, -0.25) is 0 Å². The lowest BCUT2D eigenvalue weighted by Crippen LogP contribution is -2.09. The van der Waals surface area contributed by atoms with Crippen LogP contribution in [0.1, 0.15) is 0 Å². The molecule has 0 unspecified atom stereocenters. The Morgan fingerprint density at radius 1 is 1.00 bits per heavy atom. The molecule has 0 fully saturated rings. The highest BCUT2D eigenvalue weighted by Crippen LogP contribution is 2.25. The zero-order chi connectivity index (χ0) is 13.9. The number of hydrogen-bond donors (Lipinski definition) is 1. The Kier molecular flexibility index (Phi) is 4.13. The van der Waals surface area contributed by atoms with Crippen LogP contribution in [0.5, 0.6) is 0 Å². The molecule has 2 aromatic carbocycles. The molecule has 102 valence electrons. The Morgan fingerprint density at radius 3 is 2.70 bits per heavy atom. The zero-order valence-electron chi connectivity index (χ0n) is 10.8. The van der Waals surface area contributed by atoms with Crippen LogP contribution in [-0.4, -0.2) is 11.1 Å². The van der Waals surface area contributed by atoms with Crippen LogP contribution in [0.15, 0.2) is 63.7 Å². The lowest BCUT2D eigenvalue weighted by atomic mass is 10.2. The van der Waals surface area contributed by atoms with Gasteiger partial charge >= 0.3 is 0 Å². The third-order valence-electron chi connectivity index (χ3n) is 3.25. The minimum Gasteiger partial charge on any atom is -0.383 e. The average molecular weight is 394 g/mol. The van der Waals surface area contributed by atoms with Crippen LogP contribution < -0.4 is 5.32 Å². The van der Waals surface area contributed by atoms with E-state index in [4.69, 9.17) is 0 Å². The van der Waals surface area contributed by atoms with Gasteiger partial charge in [-0.25, -0.2) is 0 Å². The quantitative estimate of drug-likeness (QED) is 0.638. The molecule has 0 bridgehead atoms. The topological polar surface area (TPSA) is 17.0 Å². The molecule has 0 saturated heterocycles. The number of aromatic nitrogens is 1. The molecular formula is C16H14Br2N2. The van der Waals surface area contributed by atoms with Gasteiger partial charge in [-0.2, -0.15) is 0 Å². The van der Waals surface area contributed by atoms with E-state index in [1.165, 1.54) is 10.9 Å². The van der Waals surface area contributed by atoms with Gasteiger partial charge in [-0.05, 0) is 40.2 Å². The molecule has 4 heteroatoms. The van der Waals surface area contributed by atoms with E-state index in [2.05, 4.69) is 84.3 Å². The van der Waals surface area contributed by atoms with Crippen molar-refractivity contribution in [3.63, 3.8) is 0 Å². The number of benzene rings is 2. The second-order valence-corrected chi connectivity index (χ2v) is 6.39. The second-order valence-electron chi connectivity index (χ2n) is 4.62. The number of fused-ring (bicyclic) bond motifs is 1. The molecule has 0 saturated carbocycles. The minimum atomic E-state index is 0.890. The first kappa shape index (κ1) is 13.7. The van der Waals surface area contributed by atoms with Crippen molar-refractivity contribution in [2.75, 3.05) is 11.9 Å². The maximum Gasteiger partial charge on any atom is 0.0492 e. The van der Waals surface area contributed by atoms with E-state index in [-0.39, 0.29) is 0 Å². The maximum atomic E-state index is 3.62. The smallest absolute Gasteiger partial charge is 0.0492 e. The summed E-state index contributed by atoms with van der Waals surface area (Å²) in [6.07, 6.45) is 2.15. The largest absolute Gasteiger partial charge is 0.383 e. The summed E-state index contributed by atoms with van der Waals surface area (Å²) in [5.41, 5.74) is 2.39. The molecule has 20 heavy (non-hydrogen) atoms. The number of rotatable bonds is 4. The van der Waals surface area contributed by atoms with E-state index in [0.29, 0.717) is 0 Å². The van der Waals surface area contributed by atoms with Gasteiger partial charge in [0.25, 0.3) is 0 Å². The van der Waals surface area contributed by atoms with Crippen LogP contribution in [0.3, 0.4) is 0 Å². The second kappa shape index (κ2) is 6.02.